The van der Waals surface area contributed by atoms with E-state index in [1.54, 1.807) is 6.20 Å². The van der Waals surface area contributed by atoms with Gasteiger partial charge in [0, 0.05) is 6.54 Å². The predicted molar refractivity (Wildman–Crippen MR) is 94.4 cm³/mol. The average molecular weight is 328 g/mol. The molecule has 6 heteroatoms. The standard InChI is InChI=1S/C18H25BN2O3/c1-6-21-16(22-13-14-10-8-7-9-11-14)15(12-20-21)19-23-17(2,3)18(4,5)24-19/h7-12H,6,13H2,1-5H3. The summed E-state index contributed by atoms with van der Waals surface area (Å²) in [6, 6.07) is 10.1. The van der Waals surface area contributed by atoms with Crippen molar-refractivity contribution in [3.05, 3.63) is 42.1 Å². The minimum atomic E-state index is -0.471. The molecule has 0 spiro atoms. The maximum atomic E-state index is 6.15. The van der Waals surface area contributed by atoms with Gasteiger partial charge in [-0.25, -0.2) is 4.68 Å². The molecule has 1 fully saturated rings. The zero-order chi connectivity index (χ0) is 17.4. The summed E-state index contributed by atoms with van der Waals surface area (Å²) in [4.78, 5) is 0. The number of rotatable bonds is 5. The Morgan fingerprint density at radius 2 is 1.71 bits per heavy atom. The summed E-state index contributed by atoms with van der Waals surface area (Å²) >= 11 is 0. The molecule has 24 heavy (non-hydrogen) atoms. The molecule has 0 atom stereocenters. The van der Waals surface area contributed by atoms with Crippen molar-refractivity contribution in [2.75, 3.05) is 0 Å². The number of aromatic nitrogens is 2. The molecule has 2 heterocycles. The first-order chi connectivity index (χ1) is 11.3. The summed E-state index contributed by atoms with van der Waals surface area (Å²) in [6.45, 7) is 11.4. The van der Waals surface area contributed by atoms with Crippen LogP contribution in [0.15, 0.2) is 36.5 Å². The third-order valence-corrected chi connectivity index (χ3v) is 4.84. The molecule has 0 amide bonds. The van der Waals surface area contributed by atoms with Gasteiger partial charge in [-0.3, -0.25) is 0 Å². The Kier molecular flexibility index (Phi) is 4.45. The maximum Gasteiger partial charge on any atom is 0.502 e. The van der Waals surface area contributed by atoms with Gasteiger partial charge in [0.15, 0.2) is 0 Å². The Morgan fingerprint density at radius 1 is 1.08 bits per heavy atom. The first kappa shape index (κ1) is 17.1. The minimum Gasteiger partial charge on any atom is -0.473 e. The molecule has 1 saturated heterocycles. The lowest BCUT2D eigenvalue weighted by atomic mass is 9.81. The second-order valence-corrected chi connectivity index (χ2v) is 7.08. The number of nitrogens with zero attached hydrogens (tertiary/aromatic N) is 2. The van der Waals surface area contributed by atoms with Crippen molar-refractivity contribution in [2.24, 2.45) is 0 Å². The van der Waals surface area contributed by atoms with Crippen LogP contribution in [0.4, 0.5) is 0 Å². The number of benzene rings is 1. The zero-order valence-electron chi connectivity index (χ0n) is 15.1. The number of hydrogen-bond donors (Lipinski definition) is 0. The Labute approximate surface area is 144 Å². The van der Waals surface area contributed by atoms with Gasteiger partial charge in [0.25, 0.3) is 0 Å². The van der Waals surface area contributed by atoms with Crippen LogP contribution >= 0.6 is 0 Å². The maximum absolute atomic E-state index is 6.15. The second kappa shape index (κ2) is 6.26. The normalized spacial score (nSPS) is 18.8. The van der Waals surface area contributed by atoms with Gasteiger partial charge >= 0.3 is 7.12 Å². The van der Waals surface area contributed by atoms with Crippen molar-refractivity contribution in [1.29, 1.82) is 0 Å². The molecule has 128 valence electrons. The molecule has 0 radical (unpaired) electrons. The summed E-state index contributed by atoms with van der Waals surface area (Å²) in [5.41, 5.74) is 1.18. The van der Waals surface area contributed by atoms with E-state index in [4.69, 9.17) is 14.0 Å². The van der Waals surface area contributed by atoms with Gasteiger partial charge in [0.1, 0.15) is 6.61 Å². The van der Waals surface area contributed by atoms with E-state index in [1.165, 1.54) is 0 Å². The predicted octanol–water partition coefficient (Wildman–Crippen LogP) is 2.78. The molecule has 2 aromatic rings. The Hall–Kier alpha value is -1.79. The first-order valence-corrected chi connectivity index (χ1v) is 8.42. The summed E-state index contributed by atoms with van der Waals surface area (Å²) in [6.07, 6.45) is 1.78. The van der Waals surface area contributed by atoms with E-state index in [-0.39, 0.29) is 11.2 Å². The monoisotopic (exact) mass is 328 g/mol. The third-order valence-electron chi connectivity index (χ3n) is 4.84. The lowest BCUT2D eigenvalue weighted by Crippen LogP contribution is -2.41. The molecule has 0 saturated carbocycles. The van der Waals surface area contributed by atoms with Crippen LogP contribution in [-0.4, -0.2) is 28.1 Å². The molecule has 1 aromatic carbocycles. The molecule has 0 N–H and O–H groups in total. The fraction of sp³-hybridized carbons (Fsp3) is 0.500. The SMILES string of the molecule is CCn1ncc(B2OC(C)(C)C(C)(C)O2)c1OCc1ccccc1. The van der Waals surface area contributed by atoms with Crippen molar-refractivity contribution in [3.8, 4) is 5.88 Å². The largest absolute Gasteiger partial charge is 0.502 e. The number of hydrogen-bond acceptors (Lipinski definition) is 4. The molecule has 1 aromatic heterocycles. The van der Waals surface area contributed by atoms with Gasteiger partial charge in [0.05, 0.1) is 22.9 Å². The van der Waals surface area contributed by atoms with E-state index >= 15 is 0 Å². The molecule has 0 bridgehead atoms. The molecule has 1 aliphatic heterocycles. The van der Waals surface area contributed by atoms with Gasteiger partial charge in [-0.1, -0.05) is 30.3 Å². The quantitative estimate of drug-likeness (QED) is 0.792. The Morgan fingerprint density at radius 3 is 2.29 bits per heavy atom. The van der Waals surface area contributed by atoms with Crippen LogP contribution < -0.4 is 10.2 Å². The molecule has 3 rings (SSSR count). The van der Waals surface area contributed by atoms with Crippen LogP contribution in [0.25, 0.3) is 0 Å². The number of aryl methyl sites for hydroxylation is 1. The minimum absolute atomic E-state index is 0.386. The van der Waals surface area contributed by atoms with Crippen LogP contribution in [0.5, 0.6) is 5.88 Å². The van der Waals surface area contributed by atoms with Gasteiger partial charge < -0.3 is 14.0 Å². The van der Waals surface area contributed by atoms with E-state index in [2.05, 4.69) is 5.10 Å². The highest BCUT2D eigenvalue weighted by Gasteiger charge is 2.53. The molecule has 5 nitrogen and oxygen atoms in total. The van der Waals surface area contributed by atoms with Crippen LogP contribution in [0.3, 0.4) is 0 Å². The second-order valence-electron chi connectivity index (χ2n) is 7.08. The first-order valence-electron chi connectivity index (χ1n) is 8.42. The molecule has 1 aliphatic rings. The Balaban J connectivity index is 1.83. The highest BCUT2D eigenvalue weighted by molar-refractivity contribution is 6.63. The van der Waals surface area contributed by atoms with E-state index < -0.39 is 7.12 Å². The van der Waals surface area contributed by atoms with Gasteiger partial charge in [-0.05, 0) is 40.2 Å². The van der Waals surface area contributed by atoms with E-state index in [0.717, 1.165) is 17.6 Å². The summed E-state index contributed by atoms with van der Waals surface area (Å²) < 4.78 is 20.2. The van der Waals surface area contributed by atoms with Crippen molar-refractivity contribution in [2.45, 2.75) is 59.0 Å². The summed E-state index contributed by atoms with van der Waals surface area (Å²) in [5.74, 6) is 0.708. The summed E-state index contributed by atoms with van der Waals surface area (Å²) in [5, 5.41) is 4.42. The fourth-order valence-electron chi connectivity index (χ4n) is 2.63. The van der Waals surface area contributed by atoms with Gasteiger partial charge in [0.2, 0.25) is 5.88 Å². The third kappa shape index (κ3) is 3.08. The lowest BCUT2D eigenvalue weighted by molar-refractivity contribution is 0.00578. The molecule has 0 aliphatic carbocycles. The van der Waals surface area contributed by atoms with E-state index in [1.807, 2.05) is 69.6 Å². The van der Waals surface area contributed by atoms with Crippen molar-refractivity contribution in [1.82, 2.24) is 9.78 Å². The van der Waals surface area contributed by atoms with Crippen molar-refractivity contribution < 1.29 is 14.0 Å². The molecule has 0 unspecified atom stereocenters. The topological polar surface area (TPSA) is 45.5 Å². The van der Waals surface area contributed by atoms with Crippen LogP contribution in [0, 0.1) is 0 Å². The molecular formula is C18H25BN2O3. The van der Waals surface area contributed by atoms with Crippen LogP contribution in [0.2, 0.25) is 0 Å². The highest BCUT2D eigenvalue weighted by Crippen LogP contribution is 2.37. The van der Waals surface area contributed by atoms with E-state index in [0.29, 0.717) is 12.5 Å². The van der Waals surface area contributed by atoms with Crippen LogP contribution in [-0.2, 0) is 22.5 Å². The number of ether oxygens (including phenoxy) is 1. The molecular weight excluding hydrogens is 303 g/mol. The van der Waals surface area contributed by atoms with Gasteiger partial charge in [-0.2, -0.15) is 5.10 Å². The van der Waals surface area contributed by atoms with Gasteiger partial charge in [-0.15, -0.1) is 0 Å². The zero-order valence-corrected chi connectivity index (χ0v) is 15.1. The summed E-state index contributed by atoms with van der Waals surface area (Å²) in [7, 11) is -0.471. The van der Waals surface area contributed by atoms with E-state index in [9.17, 15) is 0 Å². The lowest BCUT2D eigenvalue weighted by Gasteiger charge is -2.32. The smallest absolute Gasteiger partial charge is 0.473 e. The van der Waals surface area contributed by atoms with Crippen molar-refractivity contribution in [3.63, 3.8) is 0 Å². The average Bonchev–Trinajstić information content (AvgIpc) is 3.04. The van der Waals surface area contributed by atoms with Crippen LogP contribution in [0.1, 0.15) is 40.2 Å². The van der Waals surface area contributed by atoms with Crippen molar-refractivity contribution >= 4 is 12.6 Å². The Bertz CT molecular complexity index is 682. The highest BCUT2D eigenvalue weighted by atomic mass is 16.7. The fourth-order valence-corrected chi connectivity index (χ4v) is 2.63.